The van der Waals surface area contributed by atoms with Gasteiger partial charge in [-0.1, -0.05) is 0 Å². The van der Waals surface area contributed by atoms with E-state index in [0.29, 0.717) is 30.5 Å². The fourth-order valence-electron chi connectivity index (χ4n) is 4.21. The Morgan fingerprint density at radius 2 is 2.11 bits per heavy atom. The van der Waals surface area contributed by atoms with Crippen LogP contribution in [-0.4, -0.2) is 60.9 Å². The Labute approximate surface area is 165 Å². The average Bonchev–Trinajstić information content (AvgIpc) is 2.68. The van der Waals surface area contributed by atoms with Crippen molar-refractivity contribution < 1.29 is 14.3 Å². The maximum Gasteiger partial charge on any atom is 0.251 e. The van der Waals surface area contributed by atoms with E-state index >= 15 is 0 Å². The molecule has 2 heterocycles. The van der Waals surface area contributed by atoms with Crippen molar-refractivity contribution in [2.24, 2.45) is 5.92 Å². The van der Waals surface area contributed by atoms with Crippen LogP contribution in [0.4, 0.5) is 0 Å². The van der Waals surface area contributed by atoms with E-state index in [1.165, 1.54) is 6.07 Å². The highest BCUT2D eigenvalue weighted by molar-refractivity contribution is 5.78. The van der Waals surface area contributed by atoms with Crippen molar-refractivity contribution >= 4 is 5.91 Å². The van der Waals surface area contributed by atoms with Gasteiger partial charge in [-0.25, -0.2) is 4.98 Å². The molecule has 1 aromatic heterocycles. The van der Waals surface area contributed by atoms with Crippen molar-refractivity contribution in [2.75, 3.05) is 26.9 Å². The fourth-order valence-corrected chi connectivity index (χ4v) is 4.21. The molecule has 1 aliphatic carbocycles. The van der Waals surface area contributed by atoms with Crippen LogP contribution in [0, 0.1) is 12.8 Å². The second-order valence-corrected chi connectivity index (χ2v) is 7.82. The van der Waals surface area contributed by atoms with Gasteiger partial charge in [0.05, 0.1) is 6.10 Å². The molecule has 0 radical (unpaired) electrons. The third-order valence-corrected chi connectivity index (χ3v) is 5.71. The average molecular weight is 393 g/mol. The summed E-state index contributed by atoms with van der Waals surface area (Å²) in [5.74, 6) is 0.657. The number of ether oxygens (including phenoxy) is 2. The molecule has 1 aromatic rings. The number of nitrogens with zero attached hydrogens (tertiary/aromatic N) is 1. The van der Waals surface area contributed by atoms with Crippen molar-refractivity contribution in [1.82, 2.24) is 20.6 Å². The maximum absolute atomic E-state index is 12.7. The van der Waals surface area contributed by atoms with E-state index in [4.69, 9.17) is 9.47 Å². The van der Waals surface area contributed by atoms with Gasteiger partial charge in [0.15, 0.2) is 0 Å². The Kier molecular flexibility index (Phi) is 7.58. The van der Waals surface area contributed by atoms with Crippen LogP contribution < -0.4 is 16.2 Å². The highest BCUT2D eigenvalue weighted by Crippen LogP contribution is 2.27. The number of methoxy groups -OCH3 is 1. The largest absolute Gasteiger partial charge is 0.381 e. The predicted octanol–water partition coefficient (Wildman–Crippen LogP) is 0.689. The SMILES string of the molecule is CO[C@@H]1CC[C@H](C(=O)NCCc2nc(C)cc(=O)[nH]2)C[C@H]1NC1CCOCC1. The van der Waals surface area contributed by atoms with Crippen LogP contribution in [0.2, 0.25) is 0 Å². The molecule has 3 N–H and O–H groups in total. The van der Waals surface area contributed by atoms with Crippen molar-refractivity contribution in [3.63, 3.8) is 0 Å². The molecule has 2 aliphatic rings. The first kappa shape index (κ1) is 21.0. The van der Waals surface area contributed by atoms with Crippen molar-refractivity contribution in [2.45, 2.75) is 63.6 Å². The summed E-state index contributed by atoms with van der Waals surface area (Å²) in [6.45, 7) is 3.84. The van der Waals surface area contributed by atoms with Gasteiger partial charge in [0.2, 0.25) is 5.91 Å². The molecule has 1 amide bonds. The van der Waals surface area contributed by atoms with Crippen LogP contribution >= 0.6 is 0 Å². The minimum absolute atomic E-state index is 0.0201. The lowest BCUT2D eigenvalue weighted by atomic mass is 9.82. The molecule has 3 atom stereocenters. The normalized spacial score (nSPS) is 26.1. The molecule has 1 saturated carbocycles. The number of aryl methyl sites for hydroxylation is 1. The predicted molar refractivity (Wildman–Crippen MR) is 105 cm³/mol. The lowest BCUT2D eigenvalue weighted by molar-refractivity contribution is -0.127. The number of amides is 1. The monoisotopic (exact) mass is 392 g/mol. The fraction of sp³-hybridized carbons (Fsp3) is 0.750. The third kappa shape index (κ3) is 5.86. The van der Waals surface area contributed by atoms with Crippen LogP contribution in [0.25, 0.3) is 0 Å². The molecule has 28 heavy (non-hydrogen) atoms. The summed E-state index contributed by atoms with van der Waals surface area (Å²) in [6.07, 6.45) is 5.16. The van der Waals surface area contributed by atoms with E-state index < -0.39 is 0 Å². The number of H-pyrrole nitrogens is 1. The number of carbonyl (C=O) groups excluding carboxylic acids is 1. The molecule has 8 nitrogen and oxygen atoms in total. The first-order valence-electron chi connectivity index (χ1n) is 10.3. The van der Waals surface area contributed by atoms with E-state index in [9.17, 15) is 9.59 Å². The molecule has 2 fully saturated rings. The van der Waals surface area contributed by atoms with Gasteiger partial charge >= 0.3 is 0 Å². The van der Waals surface area contributed by atoms with E-state index in [0.717, 1.165) is 45.3 Å². The molecule has 8 heteroatoms. The van der Waals surface area contributed by atoms with Gasteiger partial charge in [0.1, 0.15) is 5.82 Å². The number of aromatic amines is 1. The zero-order valence-corrected chi connectivity index (χ0v) is 16.8. The molecule has 1 saturated heterocycles. The van der Waals surface area contributed by atoms with Crippen LogP contribution in [0.1, 0.15) is 43.6 Å². The molecule has 3 rings (SSSR count). The van der Waals surface area contributed by atoms with Gasteiger partial charge in [-0.3, -0.25) is 9.59 Å². The number of nitrogens with one attached hydrogen (secondary N) is 3. The third-order valence-electron chi connectivity index (χ3n) is 5.71. The second kappa shape index (κ2) is 10.1. The van der Waals surface area contributed by atoms with E-state index in [1.807, 2.05) is 0 Å². The molecule has 156 valence electrons. The first-order valence-corrected chi connectivity index (χ1v) is 10.3. The van der Waals surface area contributed by atoms with Crippen molar-refractivity contribution in [1.29, 1.82) is 0 Å². The van der Waals surface area contributed by atoms with Gasteiger partial charge in [-0.15, -0.1) is 0 Å². The Hall–Kier alpha value is -1.77. The summed E-state index contributed by atoms with van der Waals surface area (Å²) in [7, 11) is 1.75. The smallest absolute Gasteiger partial charge is 0.251 e. The molecular weight excluding hydrogens is 360 g/mol. The van der Waals surface area contributed by atoms with E-state index in [2.05, 4.69) is 20.6 Å². The molecule has 0 aromatic carbocycles. The molecular formula is C20H32N4O4. The summed E-state index contributed by atoms with van der Waals surface area (Å²) < 4.78 is 11.1. The lowest BCUT2D eigenvalue weighted by Gasteiger charge is -2.38. The minimum Gasteiger partial charge on any atom is -0.381 e. The van der Waals surface area contributed by atoms with Gasteiger partial charge in [0.25, 0.3) is 5.56 Å². The van der Waals surface area contributed by atoms with Gasteiger partial charge in [-0.05, 0) is 39.0 Å². The quantitative estimate of drug-likeness (QED) is 0.631. The van der Waals surface area contributed by atoms with E-state index in [-0.39, 0.29) is 29.5 Å². The Bertz CT molecular complexity index is 702. The van der Waals surface area contributed by atoms with Crippen LogP contribution in [0.15, 0.2) is 10.9 Å². The lowest BCUT2D eigenvalue weighted by Crippen LogP contribution is -2.52. The summed E-state index contributed by atoms with van der Waals surface area (Å²) in [4.78, 5) is 31.2. The maximum atomic E-state index is 12.7. The van der Waals surface area contributed by atoms with Crippen LogP contribution in [0.5, 0.6) is 0 Å². The number of hydrogen-bond acceptors (Lipinski definition) is 6. The summed E-state index contributed by atoms with van der Waals surface area (Å²) >= 11 is 0. The second-order valence-electron chi connectivity index (χ2n) is 7.82. The van der Waals surface area contributed by atoms with Crippen LogP contribution in [0.3, 0.4) is 0 Å². The van der Waals surface area contributed by atoms with Crippen LogP contribution in [-0.2, 0) is 20.7 Å². The number of rotatable bonds is 7. The topological polar surface area (TPSA) is 105 Å². The van der Waals surface area contributed by atoms with Gasteiger partial charge < -0.3 is 25.1 Å². The Morgan fingerprint density at radius 3 is 2.82 bits per heavy atom. The number of aromatic nitrogens is 2. The van der Waals surface area contributed by atoms with Crippen molar-refractivity contribution in [3.05, 3.63) is 27.9 Å². The highest BCUT2D eigenvalue weighted by atomic mass is 16.5. The summed E-state index contributed by atoms with van der Waals surface area (Å²) in [5, 5.41) is 6.71. The summed E-state index contributed by atoms with van der Waals surface area (Å²) in [5.41, 5.74) is 0.527. The molecule has 0 bridgehead atoms. The number of hydrogen-bond donors (Lipinski definition) is 3. The first-order chi connectivity index (χ1) is 13.5. The number of carbonyl (C=O) groups is 1. The minimum atomic E-state index is -0.159. The van der Waals surface area contributed by atoms with Crippen molar-refractivity contribution in [3.8, 4) is 0 Å². The zero-order chi connectivity index (χ0) is 19.9. The zero-order valence-electron chi connectivity index (χ0n) is 16.8. The standard InChI is InChI=1S/C20H32N4O4/c1-13-11-19(25)24-18(22-13)5-8-21-20(26)14-3-4-17(27-2)16(12-14)23-15-6-9-28-10-7-15/h11,14-17,23H,3-10,12H2,1-2H3,(H,21,26)(H,22,24,25)/t14-,16+,17+/m0/s1. The van der Waals surface area contributed by atoms with E-state index in [1.54, 1.807) is 14.0 Å². The molecule has 1 aliphatic heterocycles. The molecule has 0 spiro atoms. The van der Waals surface area contributed by atoms with Gasteiger partial charge in [-0.2, -0.15) is 0 Å². The Morgan fingerprint density at radius 1 is 1.32 bits per heavy atom. The van der Waals surface area contributed by atoms with Gasteiger partial charge in [0, 0.05) is 63.1 Å². The molecule has 0 unspecified atom stereocenters. The Balaban J connectivity index is 1.49. The summed E-state index contributed by atoms with van der Waals surface area (Å²) in [6, 6.07) is 2.08. The highest BCUT2D eigenvalue weighted by Gasteiger charge is 2.35.